The quantitative estimate of drug-likeness (QED) is 0.743. The van der Waals surface area contributed by atoms with Gasteiger partial charge in [-0.2, -0.15) is 0 Å². The second-order valence-corrected chi connectivity index (χ2v) is 5.03. The first kappa shape index (κ1) is 14.5. The average Bonchev–Trinajstić information content (AvgIpc) is 2.74. The number of carboxylic acid groups (broad SMARTS) is 1. The monoisotopic (exact) mass is 270 g/mol. The Kier molecular flexibility index (Phi) is 5.64. The Labute approximate surface area is 110 Å². The van der Waals surface area contributed by atoms with Gasteiger partial charge in [0.15, 0.2) is 0 Å². The van der Waals surface area contributed by atoms with Gasteiger partial charge in [-0.1, -0.05) is 19.8 Å². The summed E-state index contributed by atoms with van der Waals surface area (Å²) < 4.78 is 0. The number of carboxylic acids is 1. The van der Waals surface area contributed by atoms with Crippen LogP contribution in [-0.4, -0.2) is 23.1 Å². The van der Waals surface area contributed by atoms with Crippen molar-refractivity contribution in [3.05, 3.63) is 17.0 Å². The molecule has 0 radical (unpaired) electrons. The van der Waals surface area contributed by atoms with Crippen molar-refractivity contribution in [2.45, 2.75) is 39.2 Å². The molecule has 1 heterocycles. The zero-order valence-corrected chi connectivity index (χ0v) is 11.3. The number of urea groups is 1. The smallest absolute Gasteiger partial charge is 0.338 e. The number of aromatic carboxylic acids is 1. The van der Waals surface area contributed by atoms with Crippen LogP contribution < -0.4 is 10.6 Å². The number of hydrogen-bond donors (Lipinski definition) is 3. The van der Waals surface area contributed by atoms with Crippen LogP contribution in [0.15, 0.2) is 11.4 Å². The maximum Gasteiger partial charge on any atom is 0.338 e. The lowest BCUT2D eigenvalue weighted by molar-refractivity contribution is 0.0698. The molecule has 0 aliphatic rings. The van der Waals surface area contributed by atoms with Crippen LogP contribution in [0.25, 0.3) is 0 Å². The zero-order valence-electron chi connectivity index (χ0n) is 10.5. The fourth-order valence-corrected chi connectivity index (χ4v) is 2.29. The summed E-state index contributed by atoms with van der Waals surface area (Å²) in [5, 5.41) is 16.3. The van der Waals surface area contributed by atoms with Crippen LogP contribution in [0.2, 0.25) is 0 Å². The third-order valence-corrected chi connectivity index (χ3v) is 3.32. The molecule has 0 saturated carbocycles. The van der Waals surface area contributed by atoms with Crippen LogP contribution in [0.5, 0.6) is 0 Å². The van der Waals surface area contributed by atoms with Gasteiger partial charge < -0.3 is 10.4 Å². The molecule has 6 heteroatoms. The first-order valence-corrected chi connectivity index (χ1v) is 6.80. The lowest BCUT2D eigenvalue weighted by Gasteiger charge is -2.13. The number of amides is 2. The zero-order chi connectivity index (χ0) is 13.5. The van der Waals surface area contributed by atoms with Gasteiger partial charge in [-0.3, -0.25) is 5.32 Å². The van der Waals surface area contributed by atoms with Crippen LogP contribution >= 0.6 is 11.3 Å². The van der Waals surface area contributed by atoms with Crippen molar-refractivity contribution in [1.82, 2.24) is 5.32 Å². The molecule has 0 aliphatic carbocycles. The molecule has 1 aromatic rings. The average molecular weight is 270 g/mol. The van der Waals surface area contributed by atoms with Crippen molar-refractivity contribution in [1.29, 1.82) is 0 Å². The predicted molar refractivity (Wildman–Crippen MR) is 72.4 cm³/mol. The summed E-state index contributed by atoms with van der Waals surface area (Å²) in [4.78, 5) is 22.5. The van der Waals surface area contributed by atoms with Crippen molar-refractivity contribution in [3.8, 4) is 0 Å². The van der Waals surface area contributed by atoms with E-state index < -0.39 is 5.97 Å². The molecule has 2 amide bonds. The summed E-state index contributed by atoms with van der Waals surface area (Å²) in [5.74, 6) is -1.04. The Balaban J connectivity index is 2.49. The SMILES string of the molecule is CCCCC(C)NC(=O)Nc1sccc1C(=O)O. The maximum absolute atomic E-state index is 11.7. The first-order chi connectivity index (χ1) is 8.54. The standard InChI is InChI=1S/C12H18N2O3S/c1-3-4-5-8(2)13-12(17)14-10-9(11(15)16)6-7-18-10/h6-8H,3-5H2,1-2H3,(H,15,16)(H2,13,14,17). The van der Waals surface area contributed by atoms with Crippen molar-refractivity contribution in [2.75, 3.05) is 5.32 Å². The molecule has 0 aromatic carbocycles. The molecule has 0 aliphatic heterocycles. The highest BCUT2D eigenvalue weighted by Crippen LogP contribution is 2.22. The molecule has 0 bridgehead atoms. The van der Waals surface area contributed by atoms with Crippen molar-refractivity contribution >= 4 is 28.3 Å². The Morgan fingerprint density at radius 1 is 1.50 bits per heavy atom. The molecule has 3 N–H and O–H groups in total. The normalized spacial score (nSPS) is 11.9. The van der Waals surface area contributed by atoms with Crippen molar-refractivity contribution in [2.24, 2.45) is 0 Å². The Morgan fingerprint density at radius 2 is 2.22 bits per heavy atom. The number of hydrogen-bond acceptors (Lipinski definition) is 3. The highest BCUT2D eigenvalue weighted by atomic mass is 32.1. The van der Waals surface area contributed by atoms with E-state index in [9.17, 15) is 9.59 Å². The number of carbonyl (C=O) groups excluding carboxylic acids is 1. The van der Waals surface area contributed by atoms with E-state index in [0.717, 1.165) is 19.3 Å². The van der Waals surface area contributed by atoms with E-state index >= 15 is 0 Å². The van der Waals surface area contributed by atoms with E-state index in [1.807, 2.05) is 6.92 Å². The second-order valence-electron chi connectivity index (χ2n) is 4.11. The van der Waals surface area contributed by atoms with Crippen molar-refractivity contribution < 1.29 is 14.7 Å². The van der Waals surface area contributed by atoms with E-state index in [1.165, 1.54) is 17.4 Å². The van der Waals surface area contributed by atoms with Gasteiger partial charge in [0.05, 0.1) is 5.56 Å². The maximum atomic E-state index is 11.7. The Hall–Kier alpha value is -1.56. The highest BCUT2D eigenvalue weighted by Gasteiger charge is 2.14. The molecule has 1 unspecified atom stereocenters. The summed E-state index contributed by atoms with van der Waals surface area (Å²) >= 11 is 1.20. The van der Waals surface area contributed by atoms with Gasteiger partial charge in [0.2, 0.25) is 0 Å². The largest absolute Gasteiger partial charge is 0.478 e. The highest BCUT2D eigenvalue weighted by molar-refractivity contribution is 7.14. The molecule has 1 atom stereocenters. The number of rotatable bonds is 6. The van der Waals surface area contributed by atoms with E-state index in [1.54, 1.807) is 5.38 Å². The molecular weight excluding hydrogens is 252 g/mol. The number of anilines is 1. The summed E-state index contributed by atoms with van der Waals surface area (Å²) in [7, 11) is 0. The van der Waals surface area contributed by atoms with Gasteiger partial charge in [0.1, 0.15) is 5.00 Å². The summed E-state index contributed by atoms with van der Waals surface area (Å²) in [6, 6.07) is 1.20. The lowest BCUT2D eigenvalue weighted by Crippen LogP contribution is -2.36. The third-order valence-electron chi connectivity index (χ3n) is 2.49. The number of thiophene rings is 1. The minimum Gasteiger partial charge on any atom is -0.478 e. The fourth-order valence-electron chi connectivity index (χ4n) is 1.52. The lowest BCUT2D eigenvalue weighted by atomic mass is 10.1. The molecule has 0 spiro atoms. The topological polar surface area (TPSA) is 78.4 Å². The van der Waals surface area contributed by atoms with E-state index in [4.69, 9.17) is 5.11 Å². The second kappa shape index (κ2) is 7.00. The minimum absolute atomic E-state index is 0.0817. The summed E-state index contributed by atoms with van der Waals surface area (Å²) in [6.07, 6.45) is 3.06. The summed E-state index contributed by atoms with van der Waals surface area (Å²) in [6.45, 7) is 4.03. The van der Waals surface area contributed by atoms with E-state index in [0.29, 0.717) is 5.00 Å². The molecule has 0 saturated heterocycles. The van der Waals surface area contributed by atoms with Crippen LogP contribution in [0.3, 0.4) is 0 Å². The van der Waals surface area contributed by atoms with Gasteiger partial charge in [-0.25, -0.2) is 9.59 Å². The molecule has 5 nitrogen and oxygen atoms in total. The van der Waals surface area contributed by atoms with Crippen LogP contribution in [0.1, 0.15) is 43.5 Å². The number of nitrogens with one attached hydrogen (secondary N) is 2. The Bertz CT molecular complexity index is 417. The molecule has 18 heavy (non-hydrogen) atoms. The fraction of sp³-hybridized carbons (Fsp3) is 0.500. The van der Waals surface area contributed by atoms with Gasteiger partial charge in [0.25, 0.3) is 0 Å². The Morgan fingerprint density at radius 3 is 2.83 bits per heavy atom. The summed E-state index contributed by atoms with van der Waals surface area (Å²) in [5.41, 5.74) is 0.122. The van der Waals surface area contributed by atoms with Crippen LogP contribution in [-0.2, 0) is 0 Å². The molecule has 0 fully saturated rings. The van der Waals surface area contributed by atoms with Crippen LogP contribution in [0.4, 0.5) is 9.80 Å². The predicted octanol–water partition coefficient (Wildman–Crippen LogP) is 3.15. The van der Waals surface area contributed by atoms with E-state index in [2.05, 4.69) is 17.6 Å². The van der Waals surface area contributed by atoms with E-state index in [-0.39, 0.29) is 17.6 Å². The number of unbranched alkanes of at least 4 members (excludes halogenated alkanes) is 1. The van der Waals surface area contributed by atoms with Gasteiger partial charge in [0, 0.05) is 6.04 Å². The van der Waals surface area contributed by atoms with Gasteiger partial charge >= 0.3 is 12.0 Å². The molecule has 100 valence electrons. The third kappa shape index (κ3) is 4.37. The molecule has 1 rings (SSSR count). The number of carbonyl (C=O) groups is 2. The van der Waals surface area contributed by atoms with Crippen LogP contribution in [0, 0.1) is 0 Å². The molecule has 1 aromatic heterocycles. The first-order valence-electron chi connectivity index (χ1n) is 5.93. The molecular formula is C12H18N2O3S. The minimum atomic E-state index is -1.04. The van der Waals surface area contributed by atoms with Crippen molar-refractivity contribution in [3.63, 3.8) is 0 Å². The van der Waals surface area contributed by atoms with Gasteiger partial charge in [-0.15, -0.1) is 11.3 Å². The van der Waals surface area contributed by atoms with Gasteiger partial charge in [-0.05, 0) is 24.8 Å².